The molecule has 0 bridgehead atoms. The molecular weight excluding hydrogens is 430 g/mol. The highest BCUT2D eigenvalue weighted by molar-refractivity contribution is 5.62. The lowest BCUT2D eigenvalue weighted by molar-refractivity contribution is 0.386. The topological polar surface area (TPSA) is 134 Å². The van der Waals surface area contributed by atoms with Crippen molar-refractivity contribution in [1.29, 1.82) is 0 Å². The van der Waals surface area contributed by atoms with E-state index >= 15 is 0 Å². The highest BCUT2D eigenvalue weighted by Gasteiger charge is 2.47. The van der Waals surface area contributed by atoms with Gasteiger partial charge in [0.15, 0.2) is 11.6 Å². The third-order valence-electron chi connectivity index (χ3n) is 6.40. The van der Waals surface area contributed by atoms with E-state index in [0.29, 0.717) is 29.1 Å². The minimum Gasteiger partial charge on any atom is -0.368 e. The van der Waals surface area contributed by atoms with Gasteiger partial charge in [-0.2, -0.15) is 4.98 Å². The maximum absolute atomic E-state index is 5.62. The molecule has 10 heteroatoms. The molecule has 1 aromatic carbocycles. The highest BCUT2D eigenvalue weighted by atomic mass is 16.5. The fourth-order valence-electron chi connectivity index (χ4n) is 4.20. The molecule has 0 amide bonds. The number of hydrogen-bond donors (Lipinski definition) is 1. The molecule has 1 aliphatic carbocycles. The van der Waals surface area contributed by atoms with Crippen LogP contribution < -0.4 is 5.73 Å². The first-order valence-electron chi connectivity index (χ1n) is 10.9. The summed E-state index contributed by atoms with van der Waals surface area (Å²) in [6, 6.07) is 8.35. The van der Waals surface area contributed by atoms with E-state index in [1.807, 2.05) is 0 Å². The van der Waals surface area contributed by atoms with Crippen molar-refractivity contribution in [2.24, 2.45) is 5.92 Å². The number of rotatable bonds is 6. The van der Waals surface area contributed by atoms with Crippen LogP contribution in [0.5, 0.6) is 0 Å². The average Bonchev–Trinajstić information content (AvgIpc) is 3.37. The Labute approximate surface area is 195 Å². The van der Waals surface area contributed by atoms with Crippen LogP contribution in [0.4, 0.5) is 5.95 Å². The summed E-state index contributed by atoms with van der Waals surface area (Å²) in [6.45, 7) is 2.18. The van der Waals surface area contributed by atoms with E-state index in [-0.39, 0.29) is 11.4 Å². The molecule has 34 heavy (non-hydrogen) atoms. The summed E-state index contributed by atoms with van der Waals surface area (Å²) in [5, 5.41) is 4.36. The Balaban J connectivity index is 1.30. The molecule has 0 spiro atoms. The van der Waals surface area contributed by atoms with Crippen molar-refractivity contribution in [3.05, 3.63) is 79.2 Å². The lowest BCUT2D eigenvalue weighted by Gasteiger charge is -2.27. The molecule has 1 atom stereocenters. The van der Waals surface area contributed by atoms with Crippen molar-refractivity contribution in [3.63, 3.8) is 0 Å². The second kappa shape index (κ2) is 7.84. The van der Waals surface area contributed by atoms with Crippen LogP contribution in [0.3, 0.4) is 0 Å². The second-order valence-corrected chi connectivity index (χ2v) is 8.54. The fourth-order valence-corrected chi connectivity index (χ4v) is 4.20. The molecule has 0 radical (unpaired) electrons. The molecule has 0 saturated heterocycles. The van der Waals surface area contributed by atoms with Gasteiger partial charge in [-0.05, 0) is 36.8 Å². The normalized spacial score (nSPS) is 15.2. The van der Waals surface area contributed by atoms with Crippen LogP contribution in [-0.2, 0) is 5.41 Å². The van der Waals surface area contributed by atoms with Gasteiger partial charge in [0.05, 0.1) is 17.8 Å². The SMILES string of the molecule is CC(c1ccc(-c2cnc(N)nc2)cc1)(c1noc(-c2cnc(-n3ccnc3)cn2)n1)C1CC1. The van der Waals surface area contributed by atoms with E-state index in [1.54, 1.807) is 48.1 Å². The molecule has 2 N–H and O–H groups in total. The summed E-state index contributed by atoms with van der Waals surface area (Å²) in [7, 11) is 0. The van der Waals surface area contributed by atoms with E-state index in [0.717, 1.165) is 29.5 Å². The molecule has 1 fully saturated rings. The number of nitrogens with zero attached hydrogens (tertiary/aromatic N) is 8. The van der Waals surface area contributed by atoms with E-state index in [1.165, 1.54) is 0 Å². The number of benzene rings is 1. The average molecular weight is 451 g/mol. The Morgan fingerprint density at radius 3 is 2.41 bits per heavy atom. The van der Waals surface area contributed by atoms with Crippen LogP contribution in [0.1, 0.15) is 31.2 Å². The van der Waals surface area contributed by atoms with E-state index in [2.05, 4.69) is 61.3 Å². The van der Waals surface area contributed by atoms with Crippen LogP contribution >= 0.6 is 0 Å². The highest BCUT2D eigenvalue weighted by Crippen LogP contribution is 2.50. The molecule has 6 rings (SSSR count). The summed E-state index contributed by atoms with van der Waals surface area (Å²) in [5.41, 5.74) is 8.82. The first-order valence-corrected chi connectivity index (χ1v) is 10.9. The molecule has 1 aliphatic rings. The molecule has 168 valence electrons. The fraction of sp³-hybridized carbons (Fsp3) is 0.208. The minimum absolute atomic E-state index is 0.260. The van der Waals surface area contributed by atoms with Crippen LogP contribution in [0.25, 0.3) is 28.5 Å². The number of nitrogens with two attached hydrogens (primary N) is 1. The summed E-state index contributed by atoms with van der Waals surface area (Å²) < 4.78 is 7.40. The predicted molar refractivity (Wildman–Crippen MR) is 124 cm³/mol. The maximum Gasteiger partial charge on any atom is 0.278 e. The zero-order valence-electron chi connectivity index (χ0n) is 18.4. The van der Waals surface area contributed by atoms with Crippen LogP contribution in [-0.4, -0.2) is 39.6 Å². The number of aromatic nitrogens is 8. The minimum atomic E-state index is -0.373. The molecule has 1 unspecified atom stereocenters. The van der Waals surface area contributed by atoms with Gasteiger partial charge in [0.2, 0.25) is 5.95 Å². The zero-order valence-corrected chi connectivity index (χ0v) is 18.4. The standard InChI is InChI=1S/C24H21N9O/c1-24(18-6-7-18,17-4-2-15(3-5-17)16-10-29-23(25)30-11-16)22-31-21(34-32-22)19-12-28-20(13-27-19)33-9-8-26-14-33/h2-5,8-14,18H,6-7H2,1H3,(H2,25,29,30). The van der Waals surface area contributed by atoms with E-state index in [9.17, 15) is 0 Å². The maximum atomic E-state index is 5.62. The van der Waals surface area contributed by atoms with Crippen molar-refractivity contribution >= 4 is 5.95 Å². The van der Waals surface area contributed by atoms with Gasteiger partial charge in [-0.1, -0.05) is 29.4 Å². The molecule has 0 aliphatic heterocycles. The van der Waals surface area contributed by atoms with Gasteiger partial charge >= 0.3 is 0 Å². The van der Waals surface area contributed by atoms with Crippen LogP contribution in [0.2, 0.25) is 0 Å². The molecule has 4 aromatic heterocycles. The summed E-state index contributed by atoms with van der Waals surface area (Å²) >= 11 is 0. The first-order chi connectivity index (χ1) is 16.6. The van der Waals surface area contributed by atoms with Gasteiger partial charge in [0.25, 0.3) is 5.89 Å². The number of anilines is 1. The molecule has 4 heterocycles. The van der Waals surface area contributed by atoms with Crippen molar-refractivity contribution in [3.8, 4) is 28.5 Å². The summed E-state index contributed by atoms with van der Waals surface area (Å²) in [4.78, 5) is 25.8. The van der Waals surface area contributed by atoms with Gasteiger partial charge in [0, 0.05) is 30.4 Å². The smallest absolute Gasteiger partial charge is 0.278 e. The summed E-state index contributed by atoms with van der Waals surface area (Å²) in [5.74, 6) is 2.36. The zero-order chi connectivity index (χ0) is 23.1. The molecule has 10 nitrogen and oxygen atoms in total. The first kappa shape index (κ1) is 20.2. The lowest BCUT2D eigenvalue weighted by Crippen LogP contribution is -2.28. The van der Waals surface area contributed by atoms with Crippen molar-refractivity contribution in [2.75, 3.05) is 5.73 Å². The Morgan fingerprint density at radius 2 is 1.76 bits per heavy atom. The third kappa shape index (κ3) is 3.49. The Kier molecular flexibility index (Phi) is 4.65. The van der Waals surface area contributed by atoms with Crippen LogP contribution in [0, 0.1) is 5.92 Å². The van der Waals surface area contributed by atoms with Crippen LogP contribution in [0.15, 0.2) is 72.3 Å². The molecular formula is C24H21N9O. The quantitative estimate of drug-likeness (QED) is 0.412. The van der Waals surface area contributed by atoms with Gasteiger partial charge in [-0.3, -0.25) is 4.57 Å². The monoisotopic (exact) mass is 451 g/mol. The van der Waals surface area contributed by atoms with Gasteiger partial charge in [-0.25, -0.2) is 24.9 Å². The van der Waals surface area contributed by atoms with Gasteiger partial charge in [0.1, 0.15) is 12.0 Å². The van der Waals surface area contributed by atoms with Crippen molar-refractivity contribution in [1.82, 2.24) is 39.6 Å². The Morgan fingerprint density at radius 1 is 0.971 bits per heavy atom. The Bertz CT molecular complexity index is 1410. The number of imidazole rings is 1. The number of hydrogen-bond acceptors (Lipinski definition) is 9. The number of nitrogen functional groups attached to an aromatic ring is 1. The predicted octanol–water partition coefficient (Wildman–Crippen LogP) is 3.47. The third-order valence-corrected chi connectivity index (χ3v) is 6.40. The second-order valence-electron chi connectivity index (χ2n) is 8.54. The van der Waals surface area contributed by atoms with Crippen molar-refractivity contribution in [2.45, 2.75) is 25.2 Å². The van der Waals surface area contributed by atoms with E-state index in [4.69, 9.17) is 15.2 Å². The summed E-state index contributed by atoms with van der Waals surface area (Å²) in [6.07, 6.45) is 14.1. The van der Waals surface area contributed by atoms with E-state index < -0.39 is 0 Å². The van der Waals surface area contributed by atoms with Gasteiger partial charge in [-0.15, -0.1) is 0 Å². The van der Waals surface area contributed by atoms with Gasteiger partial charge < -0.3 is 10.3 Å². The van der Waals surface area contributed by atoms with Crippen molar-refractivity contribution < 1.29 is 4.52 Å². The Hall–Kier alpha value is -4.47. The molecule has 1 saturated carbocycles. The lowest BCUT2D eigenvalue weighted by atomic mass is 9.77. The largest absolute Gasteiger partial charge is 0.368 e. The molecule has 5 aromatic rings.